The van der Waals surface area contributed by atoms with E-state index in [-0.39, 0.29) is 11.6 Å². The molecule has 5 rings (SSSR count). The van der Waals surface area contributed by atoms with Gasteiger partial charge in [-0.25, -0.2) is 4.99 Å². The summed E-state index contributed by atoms with van der Waals surface area (Å²) in [5, 5.41) is 0. The predicted octanol–water partition coefficient (Wildman–Crippen LogP) is 2.05. The van der Waals surface area contributed by atoms with E-state index in [4.69, 9.17) is 14.1 Å². The van der Waals surface area contributed by atoms with Crippen molar-refractivity contribution in [1.82, 2.24) is 4.57 Å². The summed E-state index contributed by atoms with van der Waals surface area (Å²) in [5.74, 6) is 1.47. The van der Waals surface area contributed by atoms with Crippen LogP contribution in [0.4, 0.5) is 0 Å². The van der Waals surface area contributed by atoms with Gasteiger partial charge < -0.3 is 9.15 Å². The van der Waals surface area contributed by atoms with Gasteiger partial charge in [-0.05, 0) is 25.1 Å². The number of thiazole rings is 1. The molecule has 5 nitrogen and oxygen atoms in total. The quantitative estimate of drug-likeness (QED) is 0.682. The number of benzene rings is 1. The van der Waals surface area contributed by atoms with Crippen molar-refractivity contribution in [3.8, 4) is 5.75 Å². The van der Waals surface area contributed by atoms with Gasteiger partial charge in [0.25, 0.3) is 5.56 Å². The molecule has 0 N–H and O–H groups in total. The average Bonchev–Trinajstić information content (AvgIpc) is 3.16. The smallest absolute Gasteiger partial charge is 0.270 e. The number of aromatic nitrogens is 1. The molecule has 0 unspecified atom stereocenters. The van der Waals surface area contributed by atoms with Crippen molar-refractivity contribution in [1.29, 1.82) is 0 Å². The van der Waals surface area contributed by atoms with Crippen LogP contribution in [-0.2, 0) is 0 Å². The maximum absolute atomic E-state index is 13.0. The Balaban J connectivity index is 1.80. The second-order valence-corrected chi connectivity index (χ2v) is 7.24. The van der Waals surface area contributed by atoms with Crippen LogP contribution in [0, 0.1) is 0 Å². The summed E-state index contributed by atoms with van der Waals surface area (Å²) < 4.78 is 13.8. The number of para-hydroxylation sites is 1. The van der Waals surface area contributed by atoms with E-state index in [9.17, 15) is 4.79 Å². The third kappa shape index (κ3) is 1.93. The van der Waals surface area contributed by atoms with E-state index >= 15 is 0 Å². The first-order chi connectivity index (χ1) is 11.6. The van der Waals surface area contributed by atoms with Crippen LogP contribution in [0.3, 0.4) is 0 Å². The van der Waals surface area contributed by atoms with Crippen LogP contribution in [0.1, 0.15) is 30.7 Å². The number of hydrogen-bond donors (Lipinski definition) is 0. The summed E-state index contributed by atoms with van der Waals surface area (Å²) in [4.78, 5) is 18.4. The van der Waals surface area contributed by atoms with E-state index in [1.807, 2.05) is 37.3 Å². The monoisotopic (exact) mass is 338 g/mol. The zero-order chi connectivity index (χ0) is 16.3. The maximum Gasteiger partial charge on any atom is 0.270 e. The van der Waals surface area contributed by atoms with E-state index in [0.29, 0.717) is 21.5 Å². The van der Waals surface area contributed by atoms with Crippen molar-refractivity contribution in [2.45, 2.75) is 25.1 Å². The molecule has 0 radical (unpaired) electrons. The van der Waals surface area contributed by atoms with Gasteiger partial charge in [0.2, 0.25) is 5.72 Å². The lowest BCUT2D eigenvalue weighted by molar-refractivity contribution is 0.0410. The van der Waals surface area contributed by atoms with Gasteiger partial charge in [-0.1, -0.05) is 29.5 Å². The molecule has 2 bridgehead atoms. The molecule has 24 heavy (non-hydrogen) atoms. The molecule has 4 heterocycles. The predicted molar refractivity (Wildman–Crippen MR) is 89.9 cm³/mol. The van der Waals surface area contributed by atoms with Gasteiger partial charge in [0, 0.05) is 18.1 Å². The van der Waals surface area contributed by atoms with E-state index in [1.54, 1.807) is 23.0 Å². The van der Waals surface area contributed by atoms with Crippen LogP contribution in [0.5, 0.6) is 5.75 Å². The number of nitrogens with zero attached hydrogens (tertiary/aromatic N) is 2. The van der Waals surface area contributed by atoms with E-state index in [1.165, 1.54) is 11.3 Å². The normalized spacial score (nSPS) is 24.7. The van der Waals surface area contributed by atoms with Gasteiger partial charge in [-0.2, -0.15) is 0 Å². The van der Waals surface area contributed by atoms with Crippen molar-refractivity contribution < 1.29 is 9.15 Å². The van der Waals surface area contributed by atoms with E-state index in [2.05, 4.69) is 0 Å². The maximum atomic E-state index is 13.0. The minimum atomic E-state index is -0.627. The Morgan fingerprint density at radius 3 is 3.04 bits per heavy atom. The standard InChI is InChI=1S/C18H14N2O3S/c1-18-10-13(12-6-2-3-7-14(12)23-18)20-16(21)15(24-17(20)19-18)9-11-5-4-8-22-11/h2-9,13H,10H2,1H3/b15-9-/t13-,18-/m0/s1. The highest BCUT2D eigenvalue weighted by atomic mass is 32.1. The number of ether oxygens (including phenoxy) is 1. The van der Waals surface area contributed by atoms with Crippen LogP contribution in [0.2, 0.25) is 0 Å². The number of rotatable bonds is 1. The van der Waals surface area contributed by atoms with Gasteiger partial charge >= 0.3 is 0 Å². The molecule has 0 aliphatic carbocycles. The molecule has 2 aromatic heterocycles. The number of furan rings is 1. The lowest BCUT2D eigenvalue weighted by Gasteiger charge is -2.39. The summed E-state index contributed by atoms with van der Waals surface area (Å²) in [6, 6.07) is 11.5. The molecular formula is C18H14N2O3S. The Labute approximate surface area is 141 Å². The molecule has 0 spiro atoms. The Hall–Kier alpha value is -2.60. The van der Waals surface area contributed by atoms with Gasteiger partial charge in [-0.15, -0.1) is 0 Å². The van der Waals surface area contributed by atoms with Gasteiger partial charge in [0.15, 0.2) is 4.80 Å². The molecule has 2 aliphatic heterocycles. The Morgan fingerprint density at radius 1 is 1.33 bits per heavy atom. The van der Waals surface area contributed by atoms with Crippen LogP contribution in [0.15, 0.2) is 56.9 Å². The zero-order valence-corrected chi connectivity index (χ0v) is 13.7. The summed E-state index contributed by atoms with van der Waals surface area (Å²) in [7, 11) is 0. The molecule has 120 valence electrons. The van der Waals surface area contributed by atoms with Gasteiger partial charge in [0.1, 0.15) is 11.5 Å². The minimum absolute atomic E-state index is 0.0288. The summed E-state index contributed by atoms with van der Waals surface area (Å²) in [5.41, 5.74) is 0.382. The first kappa shape index (κ1) is 13.8. The molecule has 0 saturated heterocycles. The second-order valence-electron chi connectivity index (χ2n) is 6.23. The summed E-state index contributed by atoms with van der Waals surface area (Å²) in [6.45, 7) is 1.97. The van der Waals surface area contributed by atoms with Crippen molar-refractivity contribution in [3.05, 3.63) is 73.7 Å². The minimum Gasteiger partial charge on any atom is -0.466 e. The molecule has 0 amide bonds. The Bertz CT molecular complexity index is 1110. The fourth-order valence-corrected chi connectivity index (χ4v) is 4.54. The largest absolute Gasteiger partial charge is 0.466 e. The van der Waals surface area contributed by atoms with Crippen molar-refractivity contribution in [3.63, 3.8) is 0 Å². The third-order valence-electron chi connectivity index (χ3n) is 4.48. The molecule has 1 aromatic carbocycles. The van der Waals surface area contributed by atoms with Crippen LogP contribution < -0.4 is 19.6 Å². The first-order valence-corrected chi connectivity index (χ1v) is 8.59. The SMILES string of the molecule is C[C@@]12C[C@@H](c3ccccc3O1)n1c(s/c(=C\c3ccco3)c1=O)=N2. The third-order valence-corrected chi connectivity index (χ3v) is 5.46. The molecule has 2 atom stereocenters. The van der Waals surface area contributed by atoms with E-state index < -0.39 is 5.72 Å². The zero-order valence-electron chi connectivity index (χ0n) is 12.9. The van der Waals surface area contributed by atoms with Crippen molar-refractivity contribution in [2.75, 3.05) is 0 Å². The summed E-state index contributed by atoms with van der Waals surface area (Å²) in [6.07, 6.45) is 4.03. The fourth-order valence-electron chi connectivity index (χ4n) is 3.44. The first-order valence-electron chi connectivity index (χ1n) is 7.77. The highest BCUT2D eigenvalue weighted by Crippen LogP contribution is 2.42. The molecule has 0 fully saturated rings. The second kappa shape index (κ2) is 4.70. The highest BCUT2D eigenvalue weighted by molar-refractivity contribution is 7.07. The van der Waals surface area contributed by atoms with E-state index in [0.717, 1.165) is 11.3 Å². The lowest BCUT2D eigenvalue weighted by atomic mass is 9.93. The topological polar surface area (TPSA) is 56.7 Å². The lowest BCUT2D eigenvalue weighted by Crippen LogP contribution is -2.49. The van der Waals surface area contributed by atoms with Crippen molar-refractivity contribution >= 4 is 17.4 Å². The highest BCUT2D eigenvalue weighted by Gasteiger charge is 2.42. The molecule has 3 aromatic rings. The molecule has 0 saturated carbocycles. The average molecular weight is 338 g/mol. The number of fused-ring (bicyclic) bond motifs is 6. The Kier molecular flexibility index (Phi) is 2.71. The molecular weight excluding hydrogens is 324 g/mol. The van der Waals surface area contributed by atoms with Crippen LogP contribution in [-0.4, -0.2) is 10.3 Å². The number of hydrogen-bond acceptors (Lipinski definition) is 5. The molecule has 2 aliphatic rings. The van der Waals surface area contributed by atoms with Crippen LogP contribution >= 0.6 is 11.3 Å². The Morgan fingerprint density at radius 2 is 2.21 bits per heavy atom. The molecule has 6 heteroatoms. The fraction of sp³-hybridized carbons (Fsp3) is 0.222. The van der Waals surface area contributed by atoms with Crippen molar-refractivity contribution in [2.24, 2.45) is 4.99 Å². The van der Waals surface area contributed by atoms with Gasteiger partial charge in [-0.3, -0.25) is 9.36 Å². The summed E-state index contributed by atoms with van der Waals surface area (Å²) >= 11 is 1.38. The van der Waals surface area contributed by atoms with Crippen LogP contribution in [0.25, 0.3) is 6.08 Å². The van der Waals surface area contributed by atoms with Gasteiger partial charge in [0.05, 0.1) is 16.8 Å².